The second kappa shape index (κ2) is 6.23. The first-order chi connectivity index (χ1) is 10.0. The maximum Gasteiger partial charge on any atom is 0.257 e. The highest BCUT2D eigenvalue weighted by Gasteiger charge is 2.12. The van der Waals surface area contributed by atoms with Gasteiger partial charge in [0.15, 0.2) is 5.84 Å². The van der Waals surface area contributed by atoms with Crippen molar-refractivity contribution in [2.45, 2.75) is 0 Å². The molecule has 7 heteroatoms. The summed E-state index contributed by atoms with van der Waals surface area (Å²) in [5, 5.41) is 14.2. The fourth-order valence-corrected chi connectivity index (χ4v) is 1.92. The quantitative estimate of drug-likeness (QED) is 0.352. The molecular formula is C14H11ClFN3O2. The summed E-state index contributed by atoms with van der Waals surface area (Å²) in [6.45, 7) is 0. The van der Waals surface area contributed by atoms with Crippen LogP contribution >= 0.6 is 11.6 Å². The first-order valence-electron chi connectivity index (χ1n) is 5.86. The Morgan fingerprint density at radius 1 is 1.24 bits per heavy atom. The molecule has 108 valence electrons. The number of rotatable bonds is 3. The van der Waals surface area contributed by atoms with Gasteiger partial charge in [0.25, 0.3) is 5.91 Å². The Morgan fingerprint density at radius 3 is 2.62 bits per heavy atom. The van der Waals surface area contributed by atoms with Crippen LogP contribution in [-0.2, 0) is 0 Å². The highest BCUT2D eigenvalue weighted by atomic mass is 35.5. The Morgan fingerprint density at radius 2 is 1.95 bits per heavy atom. The third-order valence-electron chi connectivity index (χ3n) is 2.73. The first-order valence-corrected chi connectivity index (χ1v) is 6.24. The van der Waals surface area contributed by atoms with E-state index in [2.05, 4.69) is 10.5 Å². The minimum Gasteiger partial charge on any atom is -0.409 e. The fourth-order valence-electron chi connectivity index (χ4n) is 1.70. The Hall–Kier alpha value is -2.60. The molecule has 0 aromatic heterocycles. The van der Waals surface area contributed by atoms with Crippen molar-refractivity contribution in [1.29, 1.82) is 0 Å². The molecule has 0 aliphatic heterocycles. The highest BCUT2D eigenvalue weighted by molar-refractivity contribution is 6.34. The molecule has 0 unspecified atom stereocenters. The largest absolute Gasteiger partial charge is 0.409 e. The van der Waals surface area contributed by atoms with Crippen LogP contribution in [0.2, 0.25) is 5.02 Å². The smallest absolute Gasteiger partial charge is 0.257 e. The summed E-state index contributed by atoms with van der Waals surface area (Å²) in [5.74, 6) is -1.50. The normalized spacial score (nSPS) is 11.2. The number of amidine groups is 1. The lowest BCUT2D eigenvalue weighted by molar-refractivity contribution is 0.102. The average molecular weight is 308 g/mol. The van der Waals surface area contributed by atoms with Crippen LogP contribution in [-0.4, -0.2) is 17.0 Å². The standard InChI is InChI=1S/C14H11ClFN3O2/c15-11-4-2-1-3-9(11)14(20)18-8-5-6-12(16)10(7-8)13(17)19-21/h1-7,21H,(H2,17,19)(H,18,20). The van der Waals surface area contributed by atoms with Crippen molar-refractivity contribution in [3.63, 3.8) is 0 Å². The van der Waals surface area contributed by atoms with Crippen molar-refractivity contribution in [3.8, 4) is 0 Å². The summed E-state index contributed by atoms with van der Waals surface area (Å²) >= 11 is 5.92. The third kappa shape index (κ3) is 3.29. The molecule has 2 aromatic rings. The molecule has 0 saturated carbocycles. The van der Waals surface area contributed by atoms with Crippen LogP contribution < -0.4 is 11.1 Å². The van der Waals surface area contributed by atoms with Gasteiger partial charge in [-0.15, -0.1) is 0 Å². The number of carbonyl (C=O) groups excluding carboxylic acids is 1. The van der Waals surface area contributed by atoms with Gasteiger partial charge in [0, 0.05) is 5.69 Å². The summed E-state index contributed by atoms with van der Waals surface area (Å²) < 4.78 is 13.5. The summed E-state index contributed by atoms with van der Waals surface area (Å²) in [6.07, 6.45) is 0. The van der Waals surface area contributed by atoms with E-state index < -0.39 is 11.7 Å². The SMILES string of the molecule is NC(=NO)c1cc(NC(=O)c2ccccc2Cl)ccc1F. The van der Waals surface area contributed by atoms with Gasteiger partial charge in [0.2, 0.25) is 0 Å². The average Bonchev–Trinajstić information content (AvgIpc) is 2.48. The predicted octanol–water partition coefficient (Wildman–Crippen LogP) is 2.83. The van der Waals surface area contributed by atoms with E-state index in [1.807, 2.05) is 0 Å². The van der Waals surface area contributed by atoms with Crippen LogP contribution in [0.3, 0.4) is 0 Å². The highest BCUT2D eigenvalue weighted by Crippen LogP contribution is 2.19. The lowest BCUT2D eigenvalue weighted by Gasteiger charge is -2.08. The molecule has 2 aromatic carbocycles. The van der Waals surface area contributed by atoms with Gasteiger partial charge in [0.05, 0.1) is 16.1 Å². The van der Waals surface area contributed by atoms with Crippen LogP contribution in [0.4, 0.5) is 10.1 Å². The molecule has 0 heterocycles. The van der Waals surface area contributed by atoms with E-state index in [1.54, 1.807) is 24.3 Å². The zero-order valence-electron chi connectivity index (χ0n) is 10.7. The summed E-state index contributed by atoms with van der Waals surface area (Å²) in [4.78, 5) is 12.1. The topological polar surface area (TPSA) is 87.7 Å². The monoisotopic (exact) mass is 307 g/mol. The van der Waals surface area contributed by atoms with Gasteiger partial charge in [-0.1, -0.05) is 28.9 Å². The van der Waals surface area contributed by atoms with E-state index in [0.29, 0.717) is 10.7 Å². The Bertz CT molecular complexity index is 719. The molecular weight excluding hydrogens is 297 g/mol. The van der Waals surface area contributed by atoms with E-state index in [4.69, 9.17) is 22.5 Å². The van der Waals surface area contributed by atoms with Crippen molar-refractivity contribution in [1.82, 2.24) is 0 Å². The Labute approximate surface area is 124 Å². The molecule has 21 heavy (non-hydrogen) atoms. The number of anilines is 1. The van der Waals surface area contributed by atoms with Crippen LogP contribution in [0.5, 0.6) is 0 Å². The van der Waals surface area contributed by atoms with Crippen LogP contribution in [0.25, 0.3) is 0 Å². The van der Waals surface area contributed by atoms with E-state index >= 15 is 0 Å². The van der Waals surface area contributed by atoms with Gasteiger partial charge in [-0.3, -0.25) is 4.79 Å². The van der Waals surface area contributed by atoms with Crippen molar-refractivity contribution in [3.05, 3.63) is 64.4 Å². The molecule has 1 amide bonds. The second-order valence-corrected chi connectivity index (χ2v) is 4.52. The number of halogens is 2. The van der Waals surface area contributed by atoms with Crippen LogP contribution in [0, 0.1) is 5.82 Å². The molecule has 0 saturated heterocycles. The summed E-state index contributed by atoms with van der Waals surface area (Å²) in [7, 11) is 0. The number of nitrogens with zero attached hydrogens (tertiary/aromatic N) is 1. The zero-order valence-corrected chi connectivity index (χ0v) is 11.4. The van der Waals surface area contributed by atoms with E-state index in [9.17, 15) is 9.18 Å². The number of hydrogen-bond donors (Lipinski definition) is 3. The molecule has 0 bridgehead atoms. The first kappa shape index (κ1) is 14.8. The van der Waals surface area contributed by atoms with E-state index in [1.165, 1.54) is 12.1 Å². The van der Waals surface area contributed by atoms with Crippen molar-refractivity contribution in [2.75, 3.05) is 5.32 Å². The number of carbonyl (C=O) groups is 1. The van der Waals surface area contributed by atoms with Gasteiger partial charge >= 0.3 is 0 Å². The molecule has 2 rings (SSSR count). The maximum absolute atomic E-state index is 13.5. The Kier molecular flexibility index (Phi) is 4.39. The van der Waals surface area contributed by atoms with E-state index in [-0.39, 0.29) is 17.0 Å². The fraction of sp³-hybridized carbons (Fsp3) is 0. The van der Waals surface area contributed by atoms with Crippen molar-refractivity contribution in [2.24, 2.45) is 10.9 Å². The molecule has 0 spiro atoms. The molecule has 5 nitrogen and oxygen atoms in total. The predicted molar refractivity (Wildman–Crippen MR) is 78.3 cm³/mol. The lowest BCUT2D eigenvalue weighted by Crippen LogP contribution is -2.17. The number of amides is 1. The number of nitrogens with two attached hydrogens (primary N) is 1. The number of benzene rings is 2. The molecule has 0 aliphatic carbocycles. The zero-order chi connectivity index (χ0) is 15.4. The van der Waals surface area contributed by atoms with Crippen molar-refractivity contribution >= 4 is 29.0 Å². The van der Waals surface area contributed by atoms with Gasteiger partial charge in [-0.05, 0) is 30.3 Å². The minimum atomic E-state index is -0.666. The third-order valence-corrected chi connectivity index (χ3v) is 3.06. The van der Waals surface area contributed by atoms with Crippen LogP contribution in [0.15, 0.2) is 47.6 Å². The minimum absolute atomic E-state index is 0.116. The molecule has 4 N–H and O–H groups in total. The molecule has 0 radical (unpaired) electrons. The summed E-state index contributed by atoms with van der Waals surface area (Å²) in [5.41, 5.74) is 5.82. The van der Waals surface area contributed by atoms with Gasteiger partial charge in [0.1, 0.15) is 5.82 Å². The second-order valence-electron chi connectivity index (χ2n) is 4.11. The number of hydrogen-bond acceptors (Lipinski definition) is 3. The van der Waals surface area contributed by atoms with Gasteiger partial charge in [-0.25, -0.2) is 4.39 Å². The Balaban J connectivity index is 2.28. The number of nitrogens with one attached hydrogen (secondary N) is 1. The van der Waals surface area contributed by atoms with Gasteiger partial charge in [-0.2, -0.15) is 0 Å². The summed E-state index contributed by atoms with van der Waals surface area (Å²) in [6, 6.07) is 10.3. The lowest BCUT2D eigenvalue weighted by atomic mass is 10.1. The molecule has 0 aliphatic rings. The molecule has 0 fully saturated rings. The van der Waals surface area contributed by atoms with E-state index in [0.717, 1.165) is 6.07 Å². The number of oxime groups is 1. The van der Waals surface area contributed by atoms with Crippen LogP contribution in [0.1, 0.15) is 15.9 Å². The maximum atomic E-state index is 13.5. The van der Waals surface area contributed by atoms with Gasteiger partial charge < -0.3 is 16.3 Å². The van der Waals surface area contributed by atoms with Crippen molar-refractivity contribution < 1.29 is 14.4 Å². The molecule has 0 atom stereocenters.